The van der Waals surface area contributed by atoms with Crippen LogP contribution < -0.4 is 16.2 Å². The summed E-state index contributed by atoms with van der Waals surface area (Å²) in [6.07, 6.45) is 0. The molecule has 3 aromatic carbocycles. The number of amides is 2. The maximum absolute atomic E-state index is 13.0. The van der Waals surface area contributed by atoms with E-state index < -0.39 is 0 Å². The van der Waals surface area contributed by atoms with Crippen LogP contribution in [0.15, 0.2) is 77.6 Å². The third-order valence-electron chi connectivity index (χ3n) is 4.64. The molecule has 3 N–H and O–H groups in total. The number of fused-ring (bicyclic) bond motifs is 1. The minimum atomic E-state index is -0.333. The molecule has 0 aliphatic heterocycles. The Kier molecular flexibility index (Phi) is 5.46. The number of aromatic amines is 1. The van der Waals surface area contributed by atoms with E-state index in [9.17, 15) is 14.4 Å². The molecule has 4 rings (SSSR count). The summed E-state index contributed by atoms with van der Waals surface area (Å²) in [4.78, 5) is 39.8. The monoisotopic (exact) mass is 430 g/mol. The van der Waals surface area contributed by atoms with Gasteiger partial charge in [0, 0.05) is 23.9 Å². The Morgan fingerprint density at radius 2 is 1.55 bits per heavy atom. The number of para-hydroxylation sites is 1. The predicted molar refractivity (Wildman–Crippen MR) is 123 cm³/mol. The molecule has 7 nitrogen and oxygen atoms in total. The van der Waals surface area contributed by atoms with Crippen molar-refractivity contribution in [1.82, 2.24) is 9.55 Å². The van der Waals surface area contributed by atoms with Crippen molar-refractivity contribution < 1.29 is 9.59 Å². The lowest BCUT2D eigenvalue weighted by Crippen LogP contribution is -2.21. The molecule has 8 heteroatoms. The molecule has 2 amide bonds. The quantitative estimate of drug-likeness (QED) is 0.422. The Morgan fingerprint density at radius 1 is 0.903 bits per heavy atom. The van der Waals surface area contributed by atoms with Crippen LogP contribution in [0.3, 0.4) is 0 Å². The number of nitrogens with zero attached hydrogens (tertiary/aromatic N) is 1. The Balaban J connectivity index is 1.63. The number of hydrogen-bond acceptors (Lipinski definition) is 4. The number of carbonyl (C=O) groups excluding carboxylic acids is 2. The molecule has 154 valence electrons. The fourth-order valence-corrected chi connectivity index (χ4v) is 3.51. The number of H-pyrrole nitrogens is 1. The summed E-state index contributed by atoms with van der Waals surface area (Å²) in [6.45, 7) is 1.43. The number of carbonyl (C=O) groups is 2. The van der Waals surface area contributed by atoms with Crippen molar-refractivity contribution in [2.24, 2.45) is 0 Å². The summed E-state index contributed by atoms with van der Waals surface area (Å²) in [7, 11) is 0. The van der Waals surface area contributed by atoms with Crippen molar-refractivity contribution >= 4 is 46.3 Å². The van der Waals surface area contributed by atoms with Crippen LogP contribution in [0.4, 0.5) is 11.4 Å². The molecule has 1 aromatic heterocycles. The number of anilines is 2. The first kappa shape index (κ1) is 20.2. The van der Waals surface area contributed by atoms with Gasteiger partial charge >= 0.3 is 0 Å². The zero-order valence-electron chi connectivity index (χ0n) is 16.5. The molecule has 0 atom stereocenters. The number of benzene rings is 3. The van der Waals surface area contributed by atoms with Gasteiger partial charge in [0.05, 0.1) is 16.6 Å². The molecule has 0 aliphatic rings. The van der Waals surface area contributed by atoms with Crippen LogP contribution in [0.25, 0.3) is 16.6 Å². The molecule has 4 aromatic rings. The lowest BCUT2D eigenvalue weighted by molar-refractivity contribution is -0.114. The number of aromatic nitrogens is 2. The van der Waals surface area contributed by atoms with Crippen LogP contribution in [0.5, 0.6) is 0 Å². The first-order valence-electron chi connectivity index (χ1n) is 9.46. The van der Waals surface area contributed by atoms with Crippen LogP contribution >= 0.6 is 12.2 Å². The van der Waals surface area contributed by atoms with Gasteiger partial charge in [0.25, 0.3) is 11.5 Å². The summed E-state index contributed by atoms with van der Waals surface area (Å²) < 4.78 is 1.67. The van der Waals surface area contributed by atoms with E-state index in [1.54, 1.807) is 54.6 Å². The molecule has 0 fully saturated rings. The third kappa shape index (κ3) is 4.29. The van der Waals surface area contributed by atoms with Crippen LogP contribution in [-0.2, 0) is 4.79 Å². The summed E-state index contributed by atoms with van der Waals surface area (Å²) in [6, 6.07) is 20.7. The van der Waals surface area contributed by atoms with Gasteiger partial charge in [-0.1, -0.05) is 18.2 Å². The fraction of sp³-hybridized carbons (Fsp3) is 0.0435. The smallest absolute Gasteiger partial charge is 0.266 e. The first-order valence-corrected chi connectivity index (χ1v) is 9.87. The highest BCUT2D eigenvalue weighted by molar-refractivity contribution is 7.71. The van der Waals surface area contributed by atoms with E-state index in [1.165, 1.54) is 11.5 Å². The summed E-state index contributed by atoms with van der Waals surface area (Å²) in [5.41, 5.74) is 2.48. The Labute approximate surface area is 182 Å². The van der Waals surface area contributed by atoms with Gasteiger partial charge in [-0.25, -0.2) is 0 Å². The second-order valence-corrected chi connectivity index (χ2v) is 7.27. The van der Waals surface area contributed by atoms with Gasteiger partial charge in [0.1, 0.15) is 0 Å². The zero-order chi connectivity index (χ0) is 22.0. The van der Waals surface area contributed by atoms with Gasteiger partial charge in [0.2, 0.25) is 5.91 Å². The van der Waals surface area contributed by atoms with Crippen LogP contribution in [0.2, 0.25) is 0 Å². The minimum Gasteiger partial charge on any atom is -0.331 e. The minimum absolute atomic E-state index is 0.170. The number of nitrogens with one attached hydrogen (secondary N) is 3. The lowest BCUT2D eigenvalue weighted by Gasteiger charge is -2.10. The van der Waals surface area contributed by atoms with E-state index >= 15 is 0 Å². The molecule has 0 bridgehead atoms. The molecule has 0 saturated carbocycles. The van der Waals surface area contributed by atoms with E-state index in [1.807, 2.05) is 18.2 Å². The number of hydrogen-bond donors (Lipinski definition) is 3. The molecule has 31 heavy (non-hydrogen) atoms. The maximum Gasteiger partial charge on any atom is 0.266 e. The van der Waals surface area contributed by atoms with E-state index in [0.717, 1.165) is 0 Å². The van der Waals surface area contributed by atoms with Gasteiger partial charge < -0.3 is 15.6 Å². The van der Waals surface area contributed by atoms with Gasteiger partial charge in [0.15, 0.2) is 4.77 Å². The highest BCUT2D eigenvalue weighted by Gasteiger charge is 2.12. The van der Waals surface area contributed by atoms with Crippen molar-refractivity contribution in [3.8, 4) is 5.69 Å². The van der Waals surface area contributed by atoms with Crippen LogP contribution in [0.1, 0.15) is 17.3 Å². The highest BCUT2D eigenvalue weighted by Crippen LogP contribution is 2.17. The SMILES string of the molecule is CC(=O)Nc1ccc(NC(=O)c2ccc3c(=O)n(-c4ccccc4)c(=S)[nH]c3c2)cc1. The molecular weight excluding hydrogens is 412 g/mol. The first-order chi connectivity index (χ1) is 14.9. The van der Waals surface area contributed by atoms with Crippen LogP contribution in [-0.4, -0.2) is 21.4 Å². The molecular formula is C23H18N4O3S. The summed E-state index contributed by atoms with van der Waals surface area (Å²) >= 11 is 5.38. The molecule has 0 aliphatic carbocycles. The van der Waals surface area contributed by atoms with Gasteiger partial charge in [-0.05, 0) is 66.8 Å². The molecule has 1 heterocycles. The number of rotatable bonds is 4. The average molecular weight is 430 g/mol. The van der Waals surface area contributed by atoms with Crippen molar-refractivity contribution in [2.45, 2.75) is 6.92 Å². The normalized spacial score (nSPS) is 10.6. The predicted octanol–water partition coefficient (Wildman–Crippen LogP) is 4.26. The maximum atomic E-state index is 13.0. The Hall–Kier alpha value is -4.04. The standard InChI is InChI=1S/C23H18N4O3S/c1-14(28)24-16-8-10-17(11-9-16)25-21(29)15-7-12-19-20(13-15)26-23(31)27(22(19)30)18-5-3-2-4-6-18/h2-13H,1H3,(H,24,28)(H,25,29)(H,26,31). The Morgan fingerprint density at radius 3 is 2.19 bits per heavy atom. The van der Waals surface area contributed by atoms with E-state index in [2.05, 4.69) is 15.6 Å². The topological polar surface area (TPSA) is 96.0 Å². The van der Waals surface area contributed by atoms with Gasteiger partial charge in [-0.3, -0.25) is 19.0 Å². The van der Waals surface area contributed by atoms with Crippen LogP contribution in [0, 0.1) is 4.77 Å². The molecule has 0 unspecified atom stereocenters. The van der Waals surface area contributed by atoms with E-state index in [4.69, 9.17) is 12.2 Å². The van der Waals surface area contributed by atoms with Gasteiger partial charge in [-0.2, -0.15) is 0 Å². The molecule has 0 radical (unpaired) electrons. The molecule has 0 saturated heterocycles. The van der Waals surface area contributed by atoms with Crippen molar-refractivity contribution in [3.05, 3.63) is 93.5 Å². The third-order valence-corrected chi connectivity index (χ3v) is 4.92. The zero-order valence-corrected chi connectivity index (χ0v) is 17.3. The van der Waals surface area contributed by atoms with E-state index in [0.29, 0.717) is 33.5 Å². The fourth-order valence-electron chi connectivity index (χ4n) is 3.21. The van der Waals surface area contributed by atoms with Crippen molar-refractivity contribution in [1.29, 1.82) is 0 Å². The van der Waals surface area contributed by atoms with Crippen molar-refractivity contribution in [2.75, 3.05) is 10.6 Å². The second kappa shape index (κ2) is 8.37. The average Bonchev–Trinajstić information content (AvgIpc) is 2.75. The van der Waals surface area contributed by atoms with Crippen molar-refractivity contribution in [3.63, 3.8) is 0 Å². The highest BCUT2D eigenvalue weighted by atomic mass is 32.1. The summed E-state index contributed by atoms with van der Waals surface area (Å²) in [5.74, 6) is -0.502. The van der Waals surface area contributed by atoms with E-state index in [-0.39, 0.29) is 22.1 Å². The van der Waals surface area contributed by atoms with Gasteiger partial charge in [-0.15, -0.1) is 0 Å². The Bertz CT molecular complexity index is 1410. The largest absolute Gasteiger partial charge is 0.331 e. The second-order valence-electron chi connectivity index (χ2n) is 6.88. The summed E-state index contributed by atoms with van der Waals surface area (Å²) in [5, 5.41) is 5.89. The molecule has 0 spiro atoms. The lowest BCUT2D eigenvalue weighted by atomic mass is 10.1.